The monoisotopic (exact) mass is 528 g/mol. The molecule has 0 saturated heterocycles. The van der Waals surface area contributed by atoms with Crippen LogP contribution in [0.3, 0.4) is 0 Å². The first-order chi connectivity index (χ1) is 14.1. The molecule has 8 heteroatoms. The first-order valence-corrected chi connectivity index (χ1v) is 9.82. The van der Waals surface area contributed by atoms with Gasteiger partial charge in [0.25, 0.3) is 0 Å². The number of halogens is 2. The van der Waals surface area contributed by atoms with Gasteiger partial charge in [0.15, 0.2) is 17.5 Å². The molecule has 0 aromatic heterocycles. The number of amides is 1. The van der Waals surface area contributed by atoms with Gasteiger partial charge in [-0.15, -0.1) is 24.0 Å². The van der Waals surface area contributed by atoms with E-state index in [-0.39, 0.29) is 48.3 Å². The molecule has 0 fully saturated rings. The molecule has 1 amide bonds. The maximum atomic E-state index is 13.7. The first kappa shape index (κ1) is 25.7. The summed E-state index contributed by atoms with van der Waals surface area (Å²) in [4.78, 5) is 16.3. The fraction of sp³-hybridized carbons (Fsp3) is 0.364. The standard InChI is InChI=1S/C22H29FN4O2.HI/c1-3-24-22(26-15-17(2)29-20-12-8-7-11-19(20)23)27-16-21(28)25-14-13-18-9-5-4-6-10-18;/h4-12,17H,3,13-16H2,1-2H3,(H,25,28)(H2,24,26,27);1H. The molecule has 2 aromatic carbocycles. The van der Waals surface area contributed by atoms with Crippen LogP contribution in [0.4, 0.5) is 4.39 Å². The van der Waals surface area contributed by atoms with Crippen molar-refractivity contribution >= 4 is 35.8 Å². The van der Waals surface area contributed by atoms with E-state index >= 15 is 0 Å². The molecule has 2 rings (SSSR count). The third kappa shape index (κ3) is 9.91. The Bertz CT molecular complexity index is 790. The Morgan fingerprint density at radius 1 is 1.07 bits per heavy atom. The zero-order valence-corrected chi connectivity index (χ0v) is 19.7. The predicted octanol–water partition coefficient (Wildman–Crippen LogP) is 3.13. The zero-order valence-electron chi connectivity index (χ0n) is 17.4. The highest BCUT2D eigenvalue weighted by molar-refractivity contribution is 14.0. The first-order valence-electron chi connectivity index (χ1n) is 9.82. The summed E-state index contributed by atoms with van der Waals surface area (Å²) in [5.41, 5.74) is 1.18. The highest BCUT2D eigenvalue weighted by Gasteiger charge is 2.09. The number of carbonyl (C=O) groups excluding carboxylic acids is 1. The number of para-hydroxylation sites is 1. The van der Waals surface area contributed by atoms with E-state index < -0.39 is 5.82 Å². The summed E-state index contributed by atoms with van der Waals surface area (Å²) in [7, 11) is 0. The summed E-state index contributed by atoms with van der Waals surface area (Å²) in [5, 5.41) is 9.05. The highest BCUT2D eigenvalue weighted by Crippen LogP contribution is 2.16. The average molecular weight is 528 g/mol. The van der Waals surface area contributed by atoms with Gasteiger partial charge in [0, 0.05) is 13.1 Å². The van der Waals surface area contributed by atoms with Crippen LogP contribution in [0.5, 0.6) is 5.75 Å². The Labute approximate surface area is 194 Å². The Morgan fingerprint density at radius 2 is 1.77 bits per heavy atom. The Balaban J connectivity index is 0.00000450. The van der Waals surface area contributed by atoms with Crippen LogP contribution in [0.1, 0.15) is 19.4 Å². The van der Waals surface area contributed by atoms with Crippen LogP contribution < -0.4 is 20.7 Å². The molecule has 0 spiro atoms. The molecule has 6 nitrogen and oxygen atoms in total. The van der Waals surface area contributed by atoms with Gasteiger partial charge in [-0.1, -0.05) is 42.5 Å². The van der Waals surface area contributed by atoms with E-state index in [9.17, 15) is 9.18 Å². The number of ether oxygens (including phenoxy) is 1. The zero-order chi connectivity index (χ0) is 20.9. The van der Waals surface area contributed by atoms with Crippen molar-refractivity contribution in [2.75, 3.05) is 26.2 Å². The van der Waals surface area contributed by atoms with Crippen molar-refractivity contribution in [1.29, 1.82) is 0 Å². The molecule has 0 radical (unpaired) electrons. The van der Waals surface area contributed by atoms with Crippen molar-refractivity contribution in [2.24, 2.45) is 4.99 Å². The lowest BCUT2D eigenvalue weighted by molar-refractivity contribution is -0.119. The van der Waals surface area contributed by atoms with Crippen LogP contribution in [0.25, 0.3) is 0 Å². The van der Waals surface area contributed by atoms with E-state index in [0.717, 1.165) is 6.42 Å². The van der Waals surface area contributed by atoms with Crippen LogP contribution in [0.2, 0.25) is 0 Å². The van der Waals surface area contributed by atoms with Gasteiger partial charge < -0.3 is 20.7 Å². The van der Waals surface area contributed by atoms with Gasteiger partial charge in [-0.3, -0.25) is 4.79 Å². The number of benzene rings is 2. The summed E-state index contributed by atoms with van der Waals surface area (Å²) >= 11 is 0. The fourth-order valence-corrected chi connectivity index (χ4v) is 2.58. The molecule has 0 saturated carbocycles. The molecule has 30 heavy (non-hydrogen) atoms. The lowest BCUT2D eigenvalue weighted by atomic mass is 10.1. The van der Waals surface area contributed by atoms with Crippen LogP contribution in [-0.4, -0.2) is 44.1 Å². The number of nitrogens with one attached hydrogen (secondary N) is 3. The number of carbonyl (C=O) groups is 1. The second kappa shape index (κ2) is 14.6. The minimum Gasteiger partial charge on any atom is -0.486 e. The Hall–Kier alpha value is -2.36. The molecule has 0 aliphatic rings. The number of rotatable bonds is 10. The molecule has 164 valence electrons. The molecule has 1 atom stereocenters. The molecule has 0 bridgehead atoms. The molecular weight excluding hydrogens is 498 g/mol. The maximum absolute atomic E-state index is 13.7. The molecular formula is C22H30FIN4O2. The van der Waals surface area contributed by atoms with E-state index in [2.05, 4.69) is 20.9 Å². The van der Waals surface area contributed by atoms with Crippen LogP contribution >= 0.6 is 24.0 Å². The van der Waals surface area contributed by atoms with Crippen LogP contribution in [0.15, 0.2) is 59.6 Å². The third-order valence-corrected chi connectivity index (χ3v) is 4.03. The van der Waals surface area contributed by atoms with Crippen LogP contribution in [-0.2, 0) is 11.2 Å². The molecule has 2 aromatic rings. The second-order valence-corrected chi connectivity index (χ2v) is 6.52. The average Bonchev–Trinajstić information content (AvgIpc) is 2.72. The van der Waals surface area contributed by atoms with Crippen molar-refractivity contribution in [2.45, 2.75) is 26.4 Å². The van der Waals surface area contributed by atoms with Gasteiger partial charge in [-0.05, 0) is 38.0 Å². The van der Waals surface area contributed by atoms with Crippen molar-refractivity contribution < 1.29 is 13.9 Å². The second-order valence-electron chi connectivity index (χ2n) is 6.52. The van der Waals surface area contributed by atoms with Gasteiger partial charge in [-0.25, -0.2) is 9.38 Å². The van der Waals surface area contributed by atoms with Gasteiger partial charge in [0.1, 0.15) is 12.6 Å². The van der Waals surface area contributed by atoms with E-state index in [1.54, 1.807) is 18.2 Å². The fourth-order valence-electron chi connectivity index (χ4n) is 2.58. The molecule has 1 unspecified atom stereocenters. The summed E-state index contributed by atoms with van der Waals surface area (Å²) < 4.78 is 19.3. The normalized spacial score (nSPS) is 11.8. The van der Waals surface area contributed by atoms with E-state index in [4.69, 9.17) is 4.74 Å². The minimum absolute atomic E-state index is 0. The summed E-state index contributed by atoms with van der Waals surface area (Å²) in [6.07, 6.45) is 0.495. The van der Waals surface area contributed by atoms with Gasteiger partial charge in [-0.2, -0.15) is 0 Å². The minimum atomic E-state index is -0.396. The van der Waals surface area contributed by atoms with E-state index in [1.807, 2.05) is 44.2 Å². The molecule has 3 N–H and O–H groups in total. The smallest absolute Gasteiger partial charge is 0.241 e. The van der Waals surface area contributed by atoms with Crippen molar-refractivity contribution in [3.63, 3.8) is 0 Å². The number of nitrogens with zero attached hydrogens (tertiary/aromatic N) is 1. The van der Waals surface area contributed by atoms with Gasteiger partial charge in [0.2, 0.25) is 5.91 Å². The Morgan fingerprint density at radius 3 is 2.47 bits per heavy atom. The van der Waals surface area contributed by atoms with Gasteiger partial charge >= 0.3 is 0 Å². The topological polar surface area (TPSA) is 74.8 Å². The third-order valence-electron chi connectivity index (χ3n) is 4.03. The van der Waals surface area contributed by atoms with Gasteiger partial charge in [0.05, 0.1) is 6.54 Å². The molecule has 0 aliphatic heterocycles. The number of guanidine groups is 1. The highest BCUT2D eigenvalue weighted by atomic mass is 127. The number of hydrogen-bond acceptors (Lipinski definition) is 3. The quantitative estimate of drug-likeness (QED) is 0.252. The lowest BCUT2D eigenvalue weighted by Gasteiger charge is -2.18. The lowest BCUT2D eigenvalue weighted by Crippen LogP contribution is -2.42. The predicted molar refractivity (Wildman–Crippen MR) is 129 cm³/mol. The van der Waals surface area contributed by atoms with E-state index in [0.29, 0.717) is 25.6 Å². The van der Waals surface area contributed by atoms with Crippen molar-refractivity contribution in [1.82, 2.24) is 16.0 Å². The van der Waals surface area contributed by atoms with Crippen LogP contribution in [0, 0.1) is 5.82 Å². The Kier molecular flexibility index (Phi) is 12.5. The molecule has 0 heterocycles. The van der Waals surface area contributed by atoms with E-state index in [1.165, 1.54) is 11.6 Å². The number of hydrogen-bond donors (Lipinski definition) is 3. The maximum Gasteiger partial charge on any atom is 0.241 e. The number of aliphatic imine (C=N–C) groups is 1. The van der Waals surface area contributed by atoms with Crippen molar-refractivity contribution in [3.05, 3.63) is 66.0 Å². The van der Waals surface area contributed by atoms with Crippen molar-refractivity contribution in [3.8, 4) is 5.75 Å². The molecule has 0 aliphatic carbocycles. The summed E-state index contributed by atoms with van der Waals surface area (Å²) in [6, 6.07) is 16.3. The largest absolute Gasteiger partial charge is 0.486 e. The summed E-state index contributed by atoms with van der Waals surface area (Å²) in [6.45, 7) is 5.43. The summed E-state index contributed by atoms with van der Waals surface area (Å²) in [5.74, 6) is 0.178. The SMILES string of the molecule is CCNC(=NCC(=O)NCCc1ccccc1)NCC(C)Oc1ccccc1F.I.